The molecule has 5 nitrogen and oxygen atoms in total. The van der Waals surface area contributed by atoms with Crippen molar-refractivity contribution in [2.75, 3.05) is 0 Å². The second kappa shape index (κ2) is 12.4. The quantitative estimate of drug-likeness (QED) is 0.189. The van der Waals surface area contributed by atoms with E-state index in [1.54, 1.807) is 0 Å². The Balaban J connectivity index is 0.00000165. The Kier molecular flexibility index (Phi) is 7.65. The van der Waals surface area contributed by atoms with Crippen LogP contribution in [0, 0.1) is 11.8 Å². The molecule has 5 aromatic rings. The number of aromatic nitrogens is 5. The van der Waals surface area contributed by atoms with E-state index in [1.807, 2.05) is 48.8 Å². The monoisotopic (exact) mass is 621 g/mol. The van der Waals surface area contributed by atoms with Crippen molar-refractivity contribution in [3.8, 4) is 34.2 Å². The fourth-order valence-corrected chi connectivity index (χ4v) is 6.86. The number of allylic oxidation sites excluding steroid dienone is 9. The van der Waals surface area contributed by atoms with E-state index in [-0.39, 0.29) is 0 Å². The first-order chi connectivity index (χ1) is 23.7. The van der Waals surface area contributed by atoms with Gasteiger partial charge in [0, 0.05) is 45.1 Å². The standard InChI is InChI=1S/C41H31N5.C2H4/c1-25-11-5-2-9-15-31(25)37-22-35(45-40(46-37)27-13-7-3-8-14-27)30-23-42-41(43-24-30)39-33-18-17-26-12-6-4-10-16-32(26)38(33)34-20-28-19-29(28)21-36(34)44-39;1-2/h3-11,13-18,20-24,28-29H,2,12,19H2,1H3;1-2H2. The molecule has 0 aliphatic heterocycles. The molecule has 1 saturated carbocycles. The van der Waals surface area contributed by atoms with E-state index in [0.717, 1.165) is 57.4 Å². The van der Waals surface area contributed by atoms with Gasteiger partial charge in [0.25, 0.3) is 0 Å². The van der Waals surface area contributed by atoms with Crippen LogP contribution in [-0.4, -0.2) is 24.9 Å². The Morgan fingerprint density at radius 2 is 1.52 bits per heavy atom. The average molecular weight is 622 g/mol. The number of hydrogen-bond acceptors (Lipinski definition) is 5. The topological polar surface area (TPSA) is 64.5 Å². The highest BCUT2D eigenvalue weighted by Gasteiger charge is 2.35. The summed E-state index contributed by atoms with van der Waals surface area (Å²) in [5.74, 6) is 2.52. The number of nitrogens with zero attached hydrogens (tertiary/aromatic N) is 5. The zero-order valence-corrected chi connectivity index (χ0v) is 27.0. The van der Waals surface area contributed by atoms with Crippen molar-refractivity contribution < 1.29 is 0 Å². The average Bonchev–Trinajstić information content (AvgIpc) is 3.97. The maximum Gasteiger partial charge on any atom is 0.178 e. The Labute approximate surface area is 280 Å². The highest BCUT2D eigenvalue weighted by Crippen LogP contribution is 2.42. The maximum atomic E-state index is 5.21. The molecule has 9 rings (SSSR count). The number of rotatable bonds is 4. The van der Waals surface area contributed by atoms with Crippen molar-refractivity contribution in [1.82, 2.24) is 24.9 Å². The van der Waals surface area contributed by atoms with Crippen molar-refractivity contribution >= 4 is 34.6 Å². The first-order valence-corrected chi connectivity index (χ1v) is 16.5. The summed E-state index contributed by atoms with van der Waals surface area (Å²) in [6.45, 7) is 8.13. The van der Waals surface area contributed by atoms with Crippen LogP contribution in [0.2, 0.25) is 0 Å². The van der Waals surface area contributed by atoms with Crippen LogP contribution in [0.25, 0.3) is 68.7 Å². The lowest BCUT2D eigenvalue weighted by atomic mass is 9.93. The molecule has 0 amide bonds. The van der Waals surface area contributed by atoms with Gasteiger partial charge in [-0.1, -0.05) is 103 Å². The van der Waals surface area contributed by atoms with E-state index >= 15 is 0 Å². The molecule has 0 N–H and O–H groups in total. The van der Waals surface area contributed by atoms with E-state index in [4.69, 9.17) is 24.9 Å². The Bertz CT molecular complexity index is 2360. The molecule has 2 atom stereocenters. The number of fused-ring (bicyclic) bond motifs is 6. The summed E-state index contributed by atoms with van der Waals surface area (Å²) in [5.41, 5.74) is 9.15. The zero-order valence-electron chi connectivity index (χ0n) is 27.0. The molecule has 0 spiro atoms. The molecule has 232 valence electrons. The molecular weight excluding hydrogens is 587 g/mol. The second-order valence-electron chi connectivity index (χ2n) is 12.5. The van der Waals surface area contributed by atoms with Gasteiger partial charge in [-0.05, 0) is 60.8 Å². The molecule has 3 heterocycles. The Morgan fingerprint density at radius 1 is 0.729 bits per heavy atom. The van der Waals surface area contributed by atoms with Crippen LogP contribution in [0.5, 0.6) is 0 Å². The van der Waals surface area contributed by atoms with Crippen molar-refractivity contribution in [3.63, 3.8) is 0 Å². The summed E-state index contributed by atoms with van der Waals surface area (Å²) in [6.07, 6.45) is 29.0. The van der Waals surface area contributed by atoms with E-state index in [1.165, 1.54) is 33.7 Å². The first kappa shape index (κ1) is 29.6. The maximum absolute atomic E-state index is 5.21. The predicted molar refractivity (Wildman–Crippen MR) is 198 cm³/mol. The highest BCUT2D eigenvalue weighted by atomic mass is 14.9. The van der Waals surface area contributed by atoms with Crippen LogP contribution in [0.4, 0.5) is 0 Å². The van der Waals surface area contributed by atoms with Gasteiger partial charge in [-0.3, -0.25) is 0 Å². The van der Waals surface area contributed by atoms with Gasteiger partial charge >= 0.3 is 0 Å². The number of pyridine rings is 1. The van der Waals surface area contributed by atoms with Gasteiger partial charge in [-0.25, -0.2) is 24.9 Å². The van der Waals surface area contributed by atoms with E-state index < -0.39 is 0 Å². The van der Waals surface area contributed by atoms with E-state index in [9.17, 15) is 0 Å². The van der Waals surface area contributed by atoms with Crippen LogP contribution in [0.15, 0.2) is 122 Å². The summed E-state index contributed by atoms with van der Waals surface area (Å²) in [6, 6.07) is 16.6. The van der Waals surface area contributed by atoms with Gasteiger partial charge in [0.2, 0.25) is 0 Å². The lowest BCUT2D eigenvalue weighted by Gasteiger charge is -2.14. The normalized spacial score (nSPS) is 18.4. The fraction of sp³-hybridized carbons (Fsp3) is 0.140. The van der Waals surface area contributed by atoms with Gasteiger partial charge < -0.3 is 0 Å². The minimum Gasteiger partial charge on any atom is -0.244 e. The van der Waals surface area contributed by atoms with Crippen LogP contribution in [0.3, 0.4) is 0 Å². The van der Waals surface area contributed by atoms with E-state index in [0.29, 0.717) is 23.5 Å². The number of benzene rings is 2. The fourth-order valence-electron chi connectivity index (χ4n) is 6.86. The van der Waals surface area contributed by atoms with Crippen LogP contribution in [-0.2, 0) is 6.42 Å². The van der Waals surface area contributed by atoms with Crippen molar-refractivity contribution in [1.29, 1.82) is 0 Å². The lowest BCUT2D eigenvalue weighted by Crippen LogP contribution is -2.32. The van der Waals surface area contributed by atoms with Crippen LogP contribution < -0.4 is 10.6 Å². The van der Waals surface area contributed by atoms with Crippen LogP contribution in [0.1, 0.15) is 36.6 Å². The zero-order chi connectivity index (χ0) is 32.6. The Hall–Kier alpha value is -5.81. The van der Waals surface area contributed by atoms with Gasteiger partial charge in [-0.2, -0.15) is 0 Å². The van der Waals surface area contributed by atoms with E-state index in [2.05, 4.69) is 93.0 Å². The predicted octanol–water partition coefficient (Wildman–Crippen LogP) is 8.24. The molecule has 1 fully saturated rings. The summed E-state index contributed by atoms with van der Waals surface area (Å²) in [5, 5.41) is 4.65. The highest BCUT2D eigenvalue weighted by molar-refractivity contribution is 6.00. The molecule has 0 bridgehead atoms. The largest absolute Gasteiger partial charge is 0.244 e. The van der Waals surface area contributed by atoms with Crippen molar-refractivity contribution in [2.45, 2.75) is 26.2 Å². The summed E-state index contributed by atoms with van der Waals surface area (Å²) in [4.78, 5) is 25.1. The Morgan fingerprint density at radius 3 is 2.38 bits per heavy atom. The van der Waals surface area contributed by atoms with Gasteiger partial charge in [0.05, 0.1) is 16.7 Å². The molecule has 5 heteroatoms. The van der Waals surface area contributed by atoms with Gasteiger partial charge in [-0.15, -0.1) is 13.2 Å². The SMILES string of the molecule is C=C.CC1=C(c2cc(-c3cnc(-c4nc5c(c6c7c(ccc46)CC=CC=C7)=CC4CC4C=5)nc3)nc(-c3ccccc3)n2)C=CCC=C1. The molecule has 4 aliphatic carbocycles. The summed E-state index contributed by atoms with van der Waals surface area (Å²) < 4.78 is 0. The van der Waals surface area contributed by atoms with Crippen LogP contribution >= 0.6 is 0 Å². The molecule has 2 aromatic carbocycles. The first-order valence-electron chi connectivity index (χ1n) is 16.5. The van der Waals surface area contributed by atoms with Crippen molar-refractivity contribution in [2.24, 2.45) is 11.8 Å². The third kappa shape index (κ3) is 5.37. The smallest absolute Gasteiger partial charge is 0.178 e. The molecule has 2 unspecified atom stereocenters. The van der Waals surface area contributed by atoms with Gasteiger partial charge in [0.15, 0.2) is 11.6 Å². The summed E-state index contributed by atoms with van der Waals surface area (Å²) in [7, 11) is 0. The number of hydrogen-bond donors (Lipinski definition) is 0. The van der Waals surface area contributed by atoms with Gasteiger partial charge in [0.1, 0.15) is 5.69 Å². The molecular formula is C43H35N5. The minimum atomic E-state index is 0.594. The third-order valence-corrected chi connectivity index (χ3v) is 9.40. The van der Waals surface area contributed by atoms with Crippen molar-refractivity contribution in [3.05, 3.63) is 150 Å². The minimum absolute atomic E-state index is 0.594. The molecule has 0 radical (unpaired) electrons. The second-order valence-corrected chi connectivity index (χ2v) is 12.5. The molecule has 48 heavy (non-hydrogen) atoms. The molecule has 3 aromatic heterocycles. The third-order valence-electron chi connectivity index (χ3n) is 9.40. The molecule has 4 aliphatic rings. The lowest BCUT2D eigenvalue weighted by molar-refractivity contribution is 1.04. The summed E-state index contributed by atoms with van der Waals surface area (Å²) >= 11 is 0. The molecule has 0 saturated heterocycles.